The summed E-state index contributed by atoms with van der Waals surface area (Å²) in [6, 6.07) is -0.196. The van der Waals surface area contributed by atoms with Crippen molar-refractivity contribution in [2.75, 3.05) is 6.54 Å². The Morgan fingerprint density at radius 3 is 2.71 bits per heavy atom. The first-order valence-corrected chi connectivity index (χ1v) is 7.18. The molecule has 2 rings (SSSR count). The van der Waals surface area contributed by atoms with Crippen LogP contribution in [0.2, 0.25) is 0 Å². The van der Waals surface area contributed by atoms with Crippen molar-refractivity contribution >= 4 is 12.0 Å². The molecule has 0 spiro atoms. The minimum absolute atomic E-state index is 0.103. The summed E-state index contributed by atoms with van der Waals surface area (Å²) >= 11 is 0. The van der Waals surface area contributed by atoms with Crippen molar-refractivity contribution in [1.82, 2.24) is 25.6 Å². The van der Waals surface area contributed by atoms with Crippen molar-refractivity contribution in [3.8, 4) is 0 Å². The number of hydrogen-bond donors (Lipinski definition) is 3. The second-order valence-corrected chi connectivity index (χ2v) is 5.67. The Balaban J connectivity index is 1.72. The van der Waals surface area contributed by atoms with E-state index in [2.05, 4.69) is 27.9 Å². The van der Waals surface area contributed by atoms with Crippen molar-refractivity contribution in [2.24, 2.45) is 0 Å². The van der Waals surface area contributed by atoms with Crippen LogP contribution in [0.5, 0.6) is 0 Å². The fourth-order valence-electron chi connectivity index (χ4n) is 2.57. The van der Waals surface area contributed by atoms with Crippen LogP contribution in [0, 0.1) is 0 Å². The number of hydrogen-bond acceptors (Lipinski definition) is 4. The van der Waals surface area contributed by atoms with Crippen LogP contribution in [0.3, 0.4) is 0 Å². The number of carboxylic acid groups (broad SMARTS) is 1. The molecule has 0 atom stereocenters. The van der Waals surface area contributed by atoms with E-state index < -0.39 is 5.97 Å². The topological polar surface area (TPSA) is 109 Å². The van der Waals surface area contributed by atoms with E-state index in [1.165, 1.54) is 17.3 Å². The van der Waals surface area contributed by atoms with Gasteiger partial charge in [-0.05, 0) is 19.8 Å². The van der Waals surface area contributed by atoms with Crippen molar-refractivity contribution in [2.45, 2.75) is 51.1 Å². The van der Waals surface area contributed by atoms with Crippen LogP contribution in [0.4, 0.5) is 4.79 Å². The molecule has 0 aliphatic heterocycles. The Morgan fingerprint density at radius 1 is 1.38 bits per heavy atom. The summed E-state index contributed by atoms with van der Waals surface area (Å²) in [6.07, 6.45) is 6.87. The van der Waals surface area contributed by atoms with Gasteiger partial charge in [0.15, 0.2) is 5.69 Å². The molecule has 1 fully saturated rings. The molecule has 1 aromatic rings. The van der Waals surface area contributed by atoms with Gasteiger partial charge in [0, 0.05) is 12.1 Å². The summed E-state index contributed by atoms with van der Waals surface area (Å²) < 4.78 is 1.39. The number of carbonyl (C=O) groups is 2. The summed E-state index contributed by atoms with van der Waals surface area (Å²) in [5.41, 5.74) is -0.222. The average molecular weight is 295 g/mol. The molecule has 0 aromatic carbocycles. The molecule has 21 heavy (non-hydrogen) atoms. The van der Waals surface area contributed by atoms with Gasteiger partial charge >= 0.3 is 12.0 Å². The molecular weight excluding hydrogens is 274 g/mol. The van der Waals surface area contributed by atoms with Crippen LogP contribution in [0.1, 0.15) is 49.5 Å². The van der Waals surface area contributed by atoms with Gasteiger partial charge in [0.1, 0.15) is 0 Å². The first kappa shape index (κ1) is 15.3. The van der Waals surface area contributed by atoms with E-state index in [0.29, 0.717) is 13.1 Å². The SMILES string of the molecule is CC1(NC(=O)NCCn2cc(C(=O)O)nn2)CCCCC1. The van der Waals surface area contributed by atoms with E-state index in [9.17, 15) is 9.59 Å². The average Bonchev–Trinajstić information content (AvgIpc) is 2.88. The highest BCUT2D eigenvalue weighted by atomic mass is 16.4. The van der Waals surface area contributed by atoms with Crippen molar-refractivity contribution < 1.29 is 14.7 Å². The molecule has 2 amide bonds. The number of aromatic nitrogens is 3. The van der Waals surface area contributed by atoms with Gasteiger partial charge in [-0.15, -0.1) is 5.10 Å². The number of aromatic carboxylic acids is 1. The van der Waals surface area contributed by atoms with Gasteiger partial charge in [0.2, 0.25) is 0 Å². The zero-order valence-corrected chi connectivity index (χ0v) is 12.1. The van der Waals surface area contributed by atoms with Crippen LogP contribution in [-0.2, 0) is 6.54 Å². The maximum absolute atomic E-state index is 11.9. The van der Waals surface area contributed by atoms with E-state index in [0.717, 1.165) is 25.7 Å². The second kappa shape index (κ2) is 6.55. The highest BCUT2D eigenvalue weighted by molar-refractivity contribution is 5.84. The van der Waals surface area contributed by atoms with Gasteiger partial charge in [-0.25, -0.2) is 14.3 Å². The first-order valence-electron chi connectivity index (χ1n) is 7.18. The van der Waals surface area contributed by atoms with Crippen LogP contribution < -0.4 is 10.6 Å². The maximum atomic E-state index is 11.9. The van der Waals surface area contributed by atoms with Gasteiger partial charge in [0.25, 0.3) is 0 Å². The van der Waals surface area contributed by atoms with Crippen LogP contribution >= 0.6 is 0 Å². The third-order valence-corrected chi connectivity index (χ3v) is 3.76. The Bertz CT molecular complexity index is 508. The van der Waals surface area contributed by atoms with Crippen molar-refractivity contribution in [3.63, 3.8) is 0 Å². The predicted octanol–water partition coefficient (Wildman–Crippen LogP) is 0.998. The number of urea groups is 1. The molecule has 1 aliphatic rings. The molecule has 0 radical (unpaired) electrons. The molecule has 1 aliphatic carbocycles. The number of nitrogens with zero attached hydrogens (tertiary/aromatic N) is 3. The molecule has 1 heterocycles. The fourth-order valence-corrected chi connectivity index (χ4v) is 2.57. The zero-order chi connectivity index (χ0) is 15.3. The fraction of sp³-hybridized carbons (Fsp3) is 0.692. The molecule has 1 aromatic heterocycles. The van der Waals surface area contributed by atoms with Crippen LogP contribution in [-0.4, -0.2) is 44.2 Å². The monoisotopic (exact) mass is 295 g/mol. The third-order valence-electron chi connectivity index (χ3n) is 3.76. The summed E-state index contributed by atoms with van der Waals surface area (Å²) in [5.74, 6) is -1.11. The van der Waals surface area contributed by atoms with Gasteiger partial charge in [-0.2, -0.15) is 0 Å². The quantitative estimate of drug-likeness (QED) is 0.750. The Labute approximate surface area is 122 Å². The van der Waals surface area contributed by atoms with Gasteiger partial charge < -0.3 is 15.7 Å². The molecular formula is C13H21N5O3. The zero-order valence-electron chi connectivity index (χ0n) is 12.1. The van der Waals surface area contributed by atoms with E-state index in [1.807, 2.05) is 0 Å². The lowest BCUT2D eigenvalue weighted by Gasteiger charge is -2.34. The van der Waals surface area contributed by atoms with E-state index in [1.54, 1.807) is 0 Å². The number of amides is 2. The second-order valence-electron chi connectivity index (χ2n) is 5.67. The molecule has 8 heteroatoms. The minimum atomic E-state index is -1.11. The summed E-state index contributed by atoms with van der Waals surface area (Å²) in [7, 11) is 0. The van der Waals surface area contributed by atoms with Gasteiger partial charge in [0.05, 0.1) is 12.7 Å². The molecule has 0 bridgehead atoms. The molecule has 8 nitrogen and oxygen atoms in total. The highest BCUT2D eigenvalue weighted by Gasteiger charge is 2.28. The van der Waals surface area contributed by atoms with E-state index in [4.69, 9.17) is 5.11 Å². The van der Waals surface area contributed by atoms with Crippen LogP contribution in [0.25, 0.3) is 0 Å². The molecule has 116 valence electrons. The Kier molecular flexibility index (Phi) is 4.77. The van der Waals surface area contributed by atoms with Crippen molar-refractivity contribution in [3.05, 3.63) is 11.9 Å². The predicted molar refractivity (Wildman–Crippen MR) is 75.0 cm³/mol. The smallest absolute Gasteiger partial charge is 0.358 e. The van der Waals surface area contributed by atoms with Crippen molar-refractivity contribution in [1.29, 1.82) is 0 Å². The molecule has 0 saturated heterocycles. The minimum Gasteiger partial charge on any atom is -0.476 e. The standard InChI is InChI=1S/C13H21N5O3/c1-13(5-3-2-4-6-13)15-12(21)14-7-8-18-9-10(11(19)20)16-17-18/h9H,2-8H2,1H3,(H,19,20)(H2,14,15,21). The lowest BCUT2D eigenvalue weighted by Crippen LogP contribution is -2.51. The molecule has 1 saturated carbocycles. The lowest BCUT2D eigenvalue weighted by atomic mass is 9.83. The van der Waals surface area contributed by atoms with E-state index in [-0.39, 0.29) is 17.3 Å². The highest BCUT2D eigenvalue weighted by Crippen LogP contribution is 2.27. The summed E-state index contributed by atoms with van der Waals surface area (Å²) in [4.78, 5) is 22.5. The summed E-state index contributed by atoms with van der Waals surface area (Å²) in [5, 5.41) is 21.7. The van der Waals surface area contributed by atoms with E-state index >= 15 is 0 Å². The number of nitrogens with one attached hydrogen (secondary N) is 2. The van der Waals surface area contributed by atoms with Gasteiger partial charge in [-0.3, -0.25) is 0 Å². The number of carbonyl (C=O) groups excluding carboxylic acids is 1. The first-order chi connectivity index (χ1) is 9.98. The molecule has 3 N–H and O–H groups in total. The van der Waals surface area contributed by atoms with Gasteiger partial charge in [-0.1, -0.05) is 24.5 Å². The third kappa shape index (κ3) is 4.44. The number of carboxylic acids is 1. The Hall–Kier alpha value is -2.12. The summed E-state index contributed by atoms with van der Waals surface area (Å²) in [6.45, 7) is 2.82. The lowest BCUT2D eigenvalue weighted by molar-refractivity contribution is 0.0690. The number of rotatable bonds is 5. The maximum Gasteiger partial charge on any atom is 0.358 e. The largest absolute Gasteiger partial charge is 0.476 e. The molecule has 0 unspecified atom stereocenters. The van der Waals surface area contributed by atoms with Crippen LogP contribution in [0.15, 0.2) is 6.20 Å². The Morgan fingerprint density at radius 2 is 2.10 bits per heavy atom. The normalized spacial score (nSPS) is 17.2.